The van der Waals surface area contributed by atoms with E-state index in [1.807, 2.05) is 36.8 Å². The summed E-state index contributed by atoms with van der Waals surface area (Å²) in [5.41, 5.74) is 3.31. The van der Waals surface area contributed by atoms with Crippen LogP contribution in [0.1, 0.15) is 24.4 Å². The second kappa shape index (κ2) is 6.30. The maximum atomic E-state index is 5.95. The first-order valence-corrected chi connectivity index (χ1v) is 8.42. The molecule has 5 heteroatoms. The van der Waals surface area contributed by atoms with Crippen LogP contribution in [0.3, 0.4) is 0 Å². The monoisotopic (exact) mass is 326 g/mol. The minimum absolute atomic E-state index is 0.497. The van der Waals surface area contributed by atoms with Gasteiger partial charge in [0.25, 0.3) is 0 Å². The summed E-state index contributed by atoms with van der Waals surface area (Å²) in [6.07, 6.45) is 6.05. The maximum absolute atomic E-state index is 5.95. The summed E-state index contributed by atoms with van der Waals surface area (Å²) >= 11 is 5.95. The molecule has 0 atom stereocenters. The Morgan fingerprint density at radius 1 is 1.04 bits per heavy atom. The number of halogens is 1. The molecule has 0 saturated carbocycles. The Morgan fingerprint density at radius 2 is 1.83 bits per heavy atom. The Labute approximate surface area is 140 Å². The predicted octanol–water partition coefficient (Wildman–Crippen LogP) is 3.92. The van der Waals surface area contributed by atoms with Gasteiger partial charge in [-0.2, -0.15) is 0 Å². The van der Waals surface area contributed by atoms with Crippen LogP contribution in [-0.4, -0.2) is 32.5 Å². The summed E-state index contributed by atoms with van der Waals surface area (Å²) < 4.78 is 2.25. The molecular weight excluding hydrogens is 308 g/mol. The van der Waals surface area contributed by atoms with Crippen molar-refractivity contribution in [2.45, 2.75) is 25.4 Å². The molecule has 2 aromatic heterocycles. The van der Waals surface area contributed by atoms with Crippen molar-refractivity contribution in [3.8, 4) is 0 Å². The molecule has 4 nitrogen and oxygen atoms in total. The number of hydrogen-bond acceptors (Lipinski definition) is 3. The highest BCUT2D eigenvalue weighted by atomic mass is 35.5. The van der Waals surface area contributed by atoms with Gasteiger partial charge in [-0.15, -0.1) is 0 Å². The number of hydrogen-bond donors (Lipinski definition) is 0. The van der Waals surface area contributed by atoms with Crippen LogP contribution in [0.4, 0.5) is 0 Å². The zero-order valence-corrected chi connectivity index (χ0v) is 13.7. The van der Waals surface area contributed by atoms with Gasteiger partial charge >= 0.3 is 0 Å². The van der Waals surface area contributed by atoms with Crippen molar-refractivity contribution in [3.05, 3.63) is 59.5 Å². The van der Waals surface area contributed by atoms with Gasteiger partial charge in [0.15, 0.2) is 5.65 Å². The molecular formula is C18H19ClN4. The molecule has 23 heavy (non-hydrogen) atoms. The van der Waals surface area contributed by atoms with Crippen LogP contribution < -0.4 is 0 Å². The molecule has 1 aromatic carbocycles. The van der Waals surface area contributed by atoms with E-state index in [1.165, 1.54) is 5.56 Å². The zero-order chi connectivity index (χ0) is 15.6. The largest absolute Gasteiger partial charge is 0.312 e. The lowest BCUT2D eigenvalue weighted by Gasteiger charge is -2.32. The van der Waals surface area contributed by atoms with Crippen molar-refractivity contribution in [3.63, 3.8) is 0 Å². The van der Waals surface area contributed by atoms with E-state index in [1.54, 1.807) is 0 Å². The van der Waals surface area contributed by atoms with Crippen LogP contribution in [-0.2, 0) is 6.54 Å². The lowest BCUT2D eigenvalue weighted by atomic mass is 10.0. The van der Waals surface area contributed by atoms with E-state index in [9.17, 15) is 0 Å². The number of nitrogens with zero attached hydrogens (tertiary/aromatic N) is 4. The van der Waals surface area contributed by atoms with Crippen molar-refractivity contribution >= 4 is 22.8 Å². The van der Waals surface area contributed by atoms with E-state index in [-0.39, 0.29) is 0 Å². The lowest BCUT2D eigenvalue weighted by Crippen LogP contribution is -2.34. The first-order valence-electron chi connectivity index (χ1n) is 8.04. The van der Waals surface area contributed by atoms with E-state index >= 15 is 0 Å². The van der Waals surface area contributed by atoms with Gasteiger partial charge in [0.2, 0.25) is 0 Å². The van der Waals surface area contributed by atoms with E-state index in [0.29, 0.717) is 6.04 Å². The van der Waals surface area contributed by atoms with Gasteiger partial charge in [-0.3, -0.25) is 4.90 Å². The van der Waals surface area contributed by atoms with Crippen molar-refractivity contribution < 1.29 is 0 Å². The minimum Gasteiger partial charge on any atom is -0.312 e. The van der Waals surface area contributed by atoms with Crippen molar-refractivity contribution in [1.82, 2.24) is 19.4 Å². The number of aromatic nitrogens is 3. The molecule has 0 aliphatic carbocycles. The van der Waals surface area contributed by atoms with E-state index in [0.717, 1.165) is 48.7 Å². The van der Waals surface area contributed by atoms with Crippen molar-refractivity contribution in [2.24, 2.45) is 0 Å². The van der Waals surface area contributed by atoms with Gasteiger partial charge < -0.3 is 4.57 Å². The maximum Gasteiger partial charge on any atom is 0.160 e. The Hall–Kier alpha value is -1.91. The van der Waals surface area contributed by atoms with E-state index in [2.05, 4.69) is 31.6 Å². The number of pyridine rings is 1. The first kappa shape index (κ1) is 14.7. The molecule has 0 spiro atoms. The summed E-state index contributed by atoms with van der Waals surface area (Å²) in [6, 6.07) is 12.6. The predicted molar refractivity (Wildman–Crippen MR) is 92.5 cm³/mol. The molecule has 3 heterocycles. The molecule has 0 N–H and O–H groups in total. The average molecular weight is 327 g/mol. The number of piperidine rings is 1. The SMILES string of the molecule is Clc1ccc(CN2CCC(n3cnc4cccnc43)CC2)cc1. The highest BCUT2D eigenvalue weighted by molar-refractivity contribution is 6.30. The van der Waals surface area contributed by atoms with Gasteiger partial charge in [0.1, 0.15) is 5.52 Å². The summed E-state index contributed by atoms with van der Waals surface area (Å²) in [6.45, 7) is 3.19. The number of likely N-dealkylation sites (tertiary alicyclic amines) is 1. The van der Waals surface area contributed by atoms with Crippen LogP contribution in [0.2, 0.25) is 5.02 Å². The Morgan fingerprint density at radius 3 is 2.61 bits per heavy atom. The zero-order valence-electron chi connectivity index (χ0n) is 12.9. The Bertz CT molecular complexity index is 788. The molecule has 4 rings (SSSR count). The molecule has 1 aliphatic rings. The highest BCUT2D eigenvalue weighted by Crippen LogP contribution is 2.26. The summed E-state index contributed by atoms with van der Waals surface area (Å²) in [5, 5.41) is 0.798. The fraction of sp³-hybridized carbons (Fsp3) is 0.333. The second-order valence-corrected chi connectivity index (χ2v) is 6.57. The minimum atomic E-state index is 0.497. The molecule has 0 unspecified atom stereocenters. The molecule has 1 fully saturated rings. The molecule has 0 amide bonds. The summed E-state index contributed by atoms with van der Waals surface area (Å²) in [7, 11) is 0. The smallest absolute Gasteiger partial charge is 0.160 e. The van der Waals surface area contributed by atoms with Crippen LogP contribution in [0.15, 0.2) is 48.9 Å². The third kappa shape index (κ3) is 3.09. The van der Waals surface area contributed by atoms with Crippen LogP contribution in [0.25, 0.3) is 11.2 Å². The molecule has 0 radical (unpaired) electrons. The third-order valence-electron chi connectivity index (χ3n) is 4.60. The topological polar surface area (TPSA) is 34.0 Å². The van der Waals surface area contributed by atoms with E-state index in [4.69, 9.17) is 11.6 Å². The van der Waals surface area contributed by atoms with Gasteiger partial charge in [-0.25, -0.2) is 9.97 Å². The fourth-order valence-electron chi connectivity index (χ4n) is 3.34. The van der Waals surface area contributed by atoms with Gasteiger partial charge in [-0.1, -0.05) is 23.7 Å². The fourth-order valence-corrected chi connectivity index (χ4v) is 3.46. The number of benzene rings is 1. The van der Waals surface area contributed by atoms with Crippen LogP contribution in [0.5, 0.6) is 0 Å². The molecule has 1 aliphatic heterocycles. The van der Waals surface area contributed by atoms with Crippen molar-refractivity contribution in [2.75, 3.05) is 13.1 Å². The first-order chi connectivity index (χ1) is 11.3. The molecule has 3 aromatic rings. The quantitative estimate of drug-likeness (QED) is 0.731. The number of fused-ring (bicyclic) bond motifs is 1. The van der Waals surface area contributed by atoms with Gasteiger partial charge in [-0.05, 0) is 42.7 Å². The Balaban J connectivity index is 1.42. The molecule has 1 saturated heterocycles. The highest BCUT2D eigenvalue weighted by Gasteiger charge is 2.22. The standard InChI is InChI=1S/C18H19ClN4/c19-15-5-3-14(4-6-15)12-22-10-7-16(8-11-22)23-13-21-17-2-1-9-20-18(17)23/h1-6,9,13,16H,7-8,10-12H2. The normalized spacial score (nSPS) is 16.9. The van der Waals surface area contributed by atoms with Crippen LogP contribution >= 0.6 is 11.6 Å². The van der Waals surface area contributed by atoms with Gasteiger partial charge in [0.05, 0.1) is 6.33 Å². The number of imidazole rings is 1. The number of rotatable bonds is 3. The Kier molecular flexibility index (Phi) is 4.02. The van der Waals surface area contributed by atoms with Crippen molar-refractivity contribution in [1.29, 1.82) is 0 Å². The molecule has 0 bridgehead atoms. The van der Waals surface area contributed by atoms with E-state index < -0.39 is 0 Å². The van der Waals surface area contributed by atoms with Crippen LogP contribution in [0, 0.1) is 0 Å². The average Bonchev–Trinajstić information content (AvgIpc) is 3.02. The molecule has 118 valence electrons. The second-order valence-electron chi connectivity index (χ2n) is 6.13. The lowest BCUT2D eigenvalue weighted by molar-refractivity contribution is 0.181. The summed E-state index contributed by atoms with van der Waals surface area (Å²) in [5.74, 6) is 0. The van der Waals surface area contributed by atoms with Gasteiger partial charge in [0, 0.05) is 36.9 Å². The third-order valence-corrected chi connectivity index (χ3v) is 4.85. The summed E-state index contributed by atoms with van der Waals surface area (Å²) in [4.78, 5) is 11.5.